The van der Waals surface area contributed by atoms with E-state index in [0.717, 1.165) is 30.2 Å². The zero-order valence-corrected chi connectivity index (χ0v) is 15.7. The summed E-state index contributed by atoms with van der Waals surface area (Å²) in [6, 6.07) is 9.45. The molecule has 0 spiro atoms. The molecule has 0 unspecified atom stereocenters. The standard InChI is InChI=1S/C19H25N5O3/c1-14-13-16(23-19(21-14)20-7-10-26-2)18(25)22-15-5-3-4-6-17(15)24-8-11-27-12-9-24/h3-6,13H,7-12H2,1-2H3,(H,22,25)(H,20,21,23). The number of methoxy groups -OCH3 is 1. The summed E-state index contributed by atoms with van der Waals surface area (Å²) in [5.74, 6) is 0.148. The smallest absolute Gasteiger partial charge is 0.274 e. The molecule has 0 saturated carbocycles. The van der Waals surface area contributed by atoms with Crippen LogP contribution < -0.4 is 15.5 Å². The van der Waals surface area contributed by atoms with Crippen LogP contribution in [0.4, 0.5) is 17.3 Å². The average Bonchev–Trinajstić information content (AvgIpc) is 2.69. The Bertz CT molecular complexity index is 778. The zero-order chi connectivity index (χ0) is 19.1. The molecule has 1 aromatic heterocycles. The molecule has 0 aliphatic carbocycles. The van der Waals surface area contributed by atoms with Gasteiger partial charge in [-0.1, -0.05) is 12.1 Å². The molecule has 0 bridgehead atoms. The second-order valence-electron chi connectivity index (χ2n) is 6.21. The molecule has 27 heavy (non-hydrogen) atoms. The Kier molecular flexibility index (Phi) is 6.56. The fraction of sp³-hybridized carbons (Fsp3) is 0.421. The minimum atomic E-state index is -0.268. The van der Waals surface area contributed by atoms with Crippen molar-refractivity contribution in [3.8, 4) is 0 Å². The Morgan fingerprint density at radius 3 is 2.81 bits per heavy atom. The van der Waals surface area contributed by atoms with E-state index in [2.05, 4.69) is 25.5 Å². The third-order valence-electron chi connectivity index (χ3n) is 4.18. The Labute approximate surface area is 158 Å². The lowest BCUT2D eigenvalue weighted by molar-refractivity contribution is 0.102. The van der Waals surface area contributed by atoms with Gasteiger partial charge in [-0.2, -0.15) is 0 Å². The molecule has 2 N–H and O–H groups in total. The van der Waals surface area contributed by atoms with Crippen LogP contribution in [0.25, 0.3) is 0 Å². The Hall–Kier alpha value is -2.71. The summed E-state index contributed by atoms with van der Waals surface area (Å²) >= 11 is 0. The van der Waals surface area contributed by atoms with Crippen LogP contribution in [0.1, 0.15) is 16.2 Å². The van der Waals surface area contributed by atoms with Crippen molar-refractivity contribution in [1.82, 2.24) is 9.97 Å². The third kappa shape index (κ3) is 5.15. The molecule has 144 valence electrons. The van der Waals surface area contributed by atoms with Crippen molar-refractivity contribution in [2.75, 3.05) is 62.1 Å². The topological polar surface area (TPSA) is 88.6 Å². The summed E-state index contributed by atoms with van der Waals surface area (Å²) in [6.07, 6.45) is 0. The second kappa shape index (κ2) is 9.29. The molecular weight excluding hydrogens is 346 g/mol. The van der Waals surface area contributed by atoms with Gasteiger partial charge in [-0.25, -0.2) is 9.97 Å². The highest BCUT2D eigenvalue weighted by Gasteiger charge is 2.17. The molecule has 8 nitrogen and oxygen atoms in total. The molecule has 2 aromatic rings. The van der Waals surface area contributed by atoms with E-state index in [1.54, 1.807) is 13.2 Å². The van der Waals surface area contributed by atoms with Gasteiger partial charge in [-0.3, -0.25) is 4.79 Å². The van der Waals surface area contributed by atoms with Crippen molar-refractivity contribution in [3.05, 3.63) is 41.7 Å². The van der Waals surface area contributed by atoms with E-state index in [1.807, 2.05) is 31.2 Å². The van der Waals surface area contributed by atoms with Crippen LogP contribution in [0.15, 0.2) is 30.3 Å². The van der Waals surface area contributed by atoms with E-state index < -0.39 is 0 Å². The summed E-state index contributed by atoms with van der Waals surface area (Å²) in [7, 11) is 1.63. The van der Waals surface area contributed by atoms with Gasteiger partial charge < -0.3 is 25.0 Å². The molecule has 2 heterocycles. The summed E-state index contributed by atoms with van der Waals surface area (Å²) in [6.45, 7) is 5.90. The van der Waals surface area contributed by atoms with Crippen LogP contribution in [0, 0.1) is 6.92 Å². The monoisotopic (exact) mass is 371 g/mol. The quantitative estimate of drug-likeness (QED) is 0.719. The number of rotatable bonds is 7. The van der Waals surface area contributed by atoms with Gasteiger partial charge in [0, 0.05) is 32.4 Å². The maximum atomic E-state index is 12.8. The molecule has 8 heteroatoms. The number of nitrogens with zero attached hydrogens (tertiary/aromatic N) is 3. The van der Waals surface area contributed by atoms with E-state index >= 15 is 0 Å². The van der Waals surface area contributed by atoms with E-state index in [9.17, 15) is 4.79 Å². The maximum absolute atomic E-state index is 12.8. The SMILES string of the molecule is COCCNc1nc(C)cc(C(=O)Nc2ccccc2N2CCOCC2)n1. The van der Waals surface area contributed by atoms with Gasteiger partial charge in [0.05, 0.1) is 31.2 Å². The van der Waals surface area contributed by atoms with Crippen molar-refractivity contribution >= 4 is 23.2 Å². The molecule has 0 radical (unpaired) electrons. The number of carbonyl (C=O) groups is 1. The second-order valence-corrected chi connectivity index (χ2v) is 6.21. The number of aromatic nitrogens is 2. The predicted octanol–water partition coefficient (Wildman–Crippen LogP) is 1.93. The van der Waals surface area contributed by atoms with Gasteiger partial charge in [0.1, 0.15) is 5.69 Å². The van der Waals surface area contributed by atoms with Crippen LogP contribution in [-0.4, -0.2) is 62.4 Å². The lowest BCUT2D eigenvalue weighted by Crippen LogP contribution is -2.36. The van der Waals surface area contributed by atoms with Crippen LogP contribution in [0.3, 0.4) is 0 Å². The van der Waals surface area contributed by atoms with E-state index in [1.165, 1.54) is 0 Å². The van der Waals surface area contributed by atoms with Gasteiger partial charge in [0.2, 0.25) is 5.95 Å². The number of para-hydroxylation sites is 2. The van der Waals surface area contributed by atoms with Gasteiger partial charge >= 0.3 is 0 Å². The summed E-state index contributed by atoms with van der Waals surface area (Å²) in [5, 5.41) is 6.04. The van der Waals surface area contributed by atoms with Crippen LogP contribution >= 0.6 is 0 Å². The number of ether oxygens (including phenoxy) is 2. The largest absolute Gasteiger partial charge is 0.383 e. The molecule has 1 aliphatic heterocycles. The average molecular weight is 371 g/mol. The fourth-order valence-electron chi connectivity index (χ4n) is 2.87. The van der Waals surface area contributed by atoms with Gasteiger partial charge in [-0.05, 0) is 25.1 Å². The first kappa shape index (κ1) is 19.1. The lowest BCUT2D eigenvalue weighted by Gasteiger charge is -2.30. The van der Waals surface area contributed by atoms with Gasteiger partial charge in [0.15, 0.2) is 0 Å². The number of hydrogen-bond donors (Lipinski definition) is 2. The minimum absolute atomic E-state index is 0.268. The van der Waals surface area contributed by atoms with Crippen LogP contribution in [-0.2, 0) is 9.47 Å². The number of carbonyl (C=O) groups excluding carboxylic acids is 1. The van der Waals surface area contributed by atoms with E-state index in [-0.39, 0.29) is 5.91 Å². The highest BCUT2D eigenvalue weighted by atomic mass is 16.5. The predicted molar refractivity (Wildman–Crippen MR) is 105 cm³/mol. The maximum Gasteiger partial charge on any atom is 0.274 e. The molecular formula is C19H25N5O3. The van der Waals surface area contributed by atoms with E-state index in [4.69, 9.17) is 9.47 Å². The minimum Gasteiger partial charge on any atom is -0.383 e. The molecule has 3 rings (SSSR count). The number of anilines is 3. The van der Waals surface area contributed by atoms with E-state index in [0.29, 0.717) is 38.0 Å². The first-order valence-electron chi connectivity index (χ1n) is 8.99. The van der Waals surface area contributed by atoms with Crippen molar-refractivity contribution in [3.63, 3.8) is 0 Å². The molecule has 0 atom stereocenters. The Morgan fingerprint density at radius 2 is 2.04 bits per heavy atom. The molecule has 1 aliphatic rings. The third-order valence-corrected chi connectivity index (χ3v) is 4.18. The Morgan fingerprint density at radius 1 is 1.26 bits per heavy atom. The number of hydrogen-bond acceptors (Lipinski definition) is 7. The van der Waals surface area contributed by atoms with Crippen molar-refractivity contribution in [2.24, 2.45) is 0 Å². The number of aryl methyl sites for hydroxylation is 1. The van der Waals surface area contributed by atoms with Crippen molar-refractivity contribution in [1.29, 1.82) is 0 Å². The highest BCUT2D eigenvalue weighted by molar-refractivity contribution is 6.04. The van der Waals surface area contributed by atoms with Gasteiger partial charge in [-0.15, -0.1) is 0 Å². The van der Waals surface area contributed by atoms with Crippen LogP contribution in [0.5, 0.6) is 0 Å². The number of benzene rings is 1. The summed E-state index contributed by atoms with van der Waals surface area (Å²) in [5.41, 5.74) is 2.78. The Balaban J connectivity index is 1.75. The fourth-order valence-corrected chi connectivity index (χ4v) is 2.87. The number of morpholine rings is 1. The molecule has 1 saturated heterocycles. The molecule has 1 fully saturated rings. The number of amides is 1. The van der Waals surface area contributed by atoms with Crippen molar-refractivity contribution in [2.45, 2.75) is 6.92 Å². The molecule has 1 amide bonds. The van der Waals surface area contributed by atoms with Crippen LogP contribution in [0.2, 0.25) is 0 Å². The van der Waals surface area contributed by atoms with Crippen molar-refractivity contribution < 1.29 is 14.3 Å². The highest BCUT2D eigenvalue weighted by Crippen LogP contribution is 2.26. The van der Waals surface area contributed by atoms with Gasteiger partial charge in [0.25, 0.3) is 5.91 Å². The summed E-state index contributed by atoms with van der Waals surface area (Å²) in [4.78, 5) is 23.6. The normalized spacial score (nSPS) is 14.1. The number of nitrogens with one attached hydrogen (secondary N) is 2. The first-order chi connectivity index (χ1) is 13.2. The zero-order valence-electron chi connectivity index (χ0n) is 15.7. The molecule has 1 aromatic carbocycles. The first-order valence-corrected chi connectivity index (χ1v) is 8.99. The lowest BCUT2D eigenvalue weighted by atomic mass is 10.2. The summed E-state index contributed by atoms with van der Waals surface area (Å²) < 4.78 is 10.4.